The summed E-state index contributed by atoms with van der Waals surface area (Å²) in [6.07, 6.45) is 3.43. The topological polar surface area (TPSA) is 43.4 Å². The third kappa shape index (κ3) is 2.18. The molecule has 0 spiro atoms. The number of carbonyl (C=O) groups excluding carboxylic acids is 2. The van der Waals surface area contributed by atoms with E-state index < -0.39 is 5.97 Å². The predicted molar refractivity (Wildman–Crippen MR) is 38.9 cm³/mol. The maximum absolute atomic E-state index is 10.8. The number of cyclic esters (lactones) is 1. The van der Waals surface area contributed by atoms with E-state index in [1.54, 1.807) is 6.08 Å². The molecular weight excluding hydrogens is 144 g/mol. The molecule has 60 valence electrons. The second kappa shape index (κ2) is 3.32. The monoisotopic (exact) mass is 154 g/mol. The van der Waals surface area contributed by atoms with Gasteiger partial charge in [0.2, 0.25) is 0 Å². The maximum Gasteiger partial charge on any atom is 0.314 e. The van der Waals surface area contributed by atoms with Crippen molar-refractivity contribution in [3.8, 4) is 0 Å². The third-order valence-corrected chi connectivity index (χ3v) is 1.50. The van der Waals surface area contributed by atoms with Crippen molar-refractivity contribution in [2.45, 2.75) is 25.9 Å². The molecule has 0 fully saturated rings. The lowest BCUT2D eigenvalue weighted by molar-refractivity contribution is -0.147. The molecule has 0 aromatic heterocycles. The van der Waals surface area contributed by atoms with Crippen LogP contribution in [0.25, 0.3) is 0 Å². The van der Waals surface area contributed by atoms with Gasteiger partial charge in [0, 0.05) is 0 Å². The highest BCUT2D eigenvalue weighted by Crippen LogP contribution is 2.07. The van der Waals surface area contributed by atoms with E-state index in [2.05, 4.69) is 0 Å². The van der Waals surface area contributed by atoms with E-state index in [1.807, 2.05) is 6.92 Å². The van der Waals surface area contributed by atoms with Gasteiger partial charge in [0.25, 0.3) is 0 Å². The average Bonchev–Trinajstić information content (AvgIpc) is 2.11. The van der Waals surface area contributed by atoms with Crippen molar-refractivity contribution in [2.24, 2.45) is 0 Å². The summed E-state index contributed by atoms with van der Waals surface area (Å²) in [5, 5.41) is 0. The summed E-state index contributed by atoms with van der Waals surface area (Å²) < 4.78 is 4.88. The highest BCUT2D eigenvalue weighted by molar-refractivity contribution is 6.02. The van der Waals surface area contributed by atoms with Crippen molar-refractivity contribution in [2.75, 3.05) is 0 Å². The van der Waals surface area contributed by atoms with Crippen molar-refractivity contribution >= 4 is 11.8 Å². The van der Waals surface area contributed by atoms with Gasteiger partial charge in [-0.15, -0.1) is 0 Å². The van der Waals surface area contributed by atoms with Gasteiger partial charge in [0.05, 0.1) is 0 Å². The van der Waals surface area contributed by atoms with Crippen molar-refractivity contribution in [3.05, 3.63) is 12.2 Å². The zero-order chi connectivity index (χ0) is 8.27. The lowest BCUT2D eigenvalue weighted by atomic mass is 10.2. The largest absolute Gasteiger partial charge is 0.458 e. The average molecular weight is 154 g/mol. The molecule has 0 saturated carbocycles. The highest BCUT2D eigenvalue weighted by atomic mass is 16.5. The molecule has 0 aromatic carbocycles. The van der Waals surface area contributed by atoms with Gasteiger partial charge in [-0.3, -0.25) is 9.59 Å². The minimum Gasteiger partial charge on any atom is -0.458 e. The second-order valence-corrected chi connectivity index (χ2v) is 2.44. The minimum absolute atomic E-state index is 0.118. The quantitative estimate of drug-likeness (QED) is 0.415. The van der Waals surface area contributed by atoms with E-state index in [1.165, 1.54) is 6.08 Å². The van der Waals surface area contributed by atoms with Crippen molar-refractivity contribution in [1.82, 2.24) is 0 Å². The first-order valence-corrected chi connectivity index (χ1v) is 3.63. The molecule has 1 aliphatic heterocycles. The van der Waals surface area contributed by atoms with E-state index in [4.69, 9.17) is 4.74 Å². The molecule has 0 radical (unpaired) electrons. The Hall–Kier alpha value is -1.12. The zero-order valence-corrected chi connectivity index (χ0v) is 6.37. The van der Waals surface area contributed by atoms with E-state index >= 15 is 0 Å². The Morgan fingerprint density at radius 2 is 2.36 bits per heavy atom. The number of esters is 1. The van der Waals surface area contributed by atoms with Crippen LogP contribution in [0.15, 0.2) is 12.2 Å². The Morgan fingerprint density at radius 1 is 1.64 bits per heavy atom. The van der Waals surface area contributed by atoms with Gasteiger partial charge in [-0.2, -0.15) is 0 Å². The smallest absolute Gasteiger partial charge is 0.314 e. The molecule has 1 heterocycles. The van der Waals surface area contributed by atoms with E-state index in [0.29, 0.717) is 0 Å². The van der Waals surface area contributed by atoms with Gasteiger partial charge in [0.1, 0.15) is 12.5 Å². The van der Waals surface area contributed by atoms with Crippen LogP contribution in [0.2, 0.25) is 0 Å². The summed E-state index contributed by atoms with van der Waals surface area (Å²) in [6, 6.07) is 0. The number of allylic oxidation sites excluding steroid dienone is 1. The summed E-state index contributed by atoms with van der Waals surface area (Å²) in [5.41, 5.74) is 0. The standard InChI is InChI=1S/C8H10O3/c1-2-7-4-3-6(9)5-8(10)11-7/h3-4,7H,2,5H2,1H3/t7-/m0/s1. The van der Waals surface area contributed by atoms with Crippen LogP contribution in [0.5, 0.6) is 0 Å². The lowest BCUT2D eigenvalue weighted by Crippen LogP contribution is -2.13. The molecule has 3 nitrogen and oxygen atoms in total. The zero-order valence-electron chi connectivity index (χ0n) is 6.37. The van der Waals surface area contributed by atoms with Gasteiger partial charge in [-0.25, -0.2) is 0 Å². The molecule has 3 heteroatoms. The fraction of sp³-hybridized carbons (Fsp3) is 0.500. The first kappa shape index (κ1) is 7.98. The number of hydrogen-bond donors (Lipinski definition) is 0. The van der Waals surface area contributed by atoms with E-state index in [9.17, 15) is 9.59 Å². The molecule has 0 unspecified atom stereocenters. The van der Waals surface area contributed by atoms with Crippen molar-refractivity contribution in [3.63, 3.8) is 0 Å². The molecule has 0 saturated heterocycles. The summed E-state index contributed by atoms with van der Waals surface area (Å²) in [6.45, 7) is 1.90. The van der Waals surface area contributed by atoms with Crippen LogP contribution in [-0.4, -0.2) is 17.9 Å². The number of hydrogen-bond acceptors (Lipinski definition) is 3. The number of carbonyl (C=O) groups is 2. The molecule has 11 heavy (non-hydrogen) atoms. The Morgan fingerprint density at radius 3 is 3.00 bits per heavy atom. The summed E-state index contributed by atoms with van der Waals surface area (Å²) in [7, 11) is 0. The Labute approximate surface area is 65.0 Å². The summed E-state index contributed by atoms with van der Waals surface area (Å²) >= 11 is 0. The predicted octanol–water partition coefficient (Wildman–Crippen LogP) is 0.837. The minimum atomic E-state index is -0.424. The van der Waals surface area contributed by atoms with Crippen LogP contribution >= 0.6 is 0 Å². The fourth-order valence-electron chi connectivity index (χ4n) is 0.885. The third-order valence-electron chi connectivity index (χ3n) is 1.50. The van der Waals surface area contributed by atoms with Crippen molar-refractivity contribution < 1.29 is 14.3 Å². The molecule has 0 aromatic rings. The Balaban J connectivity index is 2.67. The van der Waals surface area contributed by atoms with Crippen LogP contribution < -0.4 is 0 Å². The molecule has 1 aliphatic rings. The molecule has 1 rings (SSSR count). The first-order valence-electron chi connectivity index (χ1n) is 3.63. The van der Waals surface area contributed by atoms with Crippen LogP contribution in [0.1, 0.15) is 19.8 Å². The molecule has 1 atom stereocenters. The number of ketones is 1. The van der Waals surface area contributed by atoms with Crippen LogP contribution in [-0.2, 0) is 14.3 Å². The Kier molecular flexibility index (Phi) is 2.41. The van der Waals surface area contributed by atoms with Gasteiger partial charge in [-0.05, 0) is 18.6 Å². The van der Waals surface area contributed by atoms with Crippen LogP contribution in [0.4, 0.5) is 0 Å². The lowest BCUT2D eigenvalue weighted by Gasteiger charge is -2.07. The van der Waals surface area contributed by atoms with Gasteiger partial charge < -0.3 is 4.74 Å². The van der Waals surface area contributed by atoms with E-state index in [-0.39, 0.29) is 18.3 Å². The Bertz CT molecular complexity index is 205. The fourth-order valence-corrected chi connectivity index (χ4v) is 0.885. The van der Waals surface area contributed by atoms with E-state index in [0.717, 1.165) is 6.42 Å². The van der Waals surface area contributed by atoms with Crippen LogP contribution in [0, 0.1) is 0 Å². The van der Waals surface area contributed by atoms with Gasteiger partial charge in [0.15, 0.2) is 5.78 Å². The molecule has 0 amide bonds. The second-order valence-electron chi connectivity index (χ2n) is 2.44. The first-order chi connectivity index (χ1) is 5.22. The van der Waals surface area contributed by atoms with Crippen molar-refractivity contribution in [1.29, 1.82) is 0 Å². The molecule has 0 bridgehead atoms. The van der Waals surface area contributed by atoms with Gasteiger partial charge >= 0.3 is 5.97 Å². The summed E-state index contributed by atoms with van der Waals surface area (Å²) in [5.74, 6) is -0.599. The molecule has 0 aliphatic carbocycles. The SMILES string of the molecule is CC[C@H]1C=CC(=O)CC(=O)O1. The maximum atomic E-state index is 10.8. The molecule has 0 N–H and O–H groups in total. The summed E-state index contributed by atoms with van der Waals surface area (Å²) in [4.78, 5) is 21.5. The normalized spacial score (nSPS) is 24.6. The van der Waals surface area contributed by atoms with Crippen LogP contribution in [0.3, 0.4) is 0 Å². The number of rotatable bonds is 1. The number of ether oxygens (including phenoxy) is 1. The van der Waals surface area contributed by atoms with Gasteiger partial charge in [-0.1, -0.05) is 6.92 Å². The molecular formula is C8H10O3. The highest BCUT2D eigenvalue weighted by Gasteiger charge is 2.16.